The van der Waals surface area contributed by atoms with Crippen LogP contribution in [-0.2, 0) is 12.8 Å². The van der Waals surface area contributed by atoms with Crippen LogP contribution in [0.3, 0.4) is 0 Å². The van der Waals surface area contributed by atoms with Gasteiger partial charge in [-0.2, -0.15) is 0 Å². The molecule has 0 saturated heterocycles. The second kappa shape index (κ2) is 8.82. The molecule has 1 unspecified atom stereocenters. The quantitative estimate of drug-likeness (QED) is 0.322. The van der Waals surface area contributed by atoms with Gasteiger partial charge in [-0.05, 0) is 50.7 Å². The summed E-state index contributed by atoms with van der Waals surface area (Å²) in [6.45, 7) is 2.06. The molecule has 0 aliphatic heterocycles. The summed E-state index contributed by atoms with van der Waals surface area (Å²) in [7, 11) is 0. The van der Waals surface area contributed by atoms with Crippen LogP contribution in [0.25, 0.3) is 21.5 Å². The van der Waals surface area contributed by atoms with Gasteiger partial charge in [-0.1, -0.05) is 109 Å². The molecule has 2 heteroatoms. The number of rotatable bonds is 6. The summed E-state index contributed by atoms with van der Waals surface area (Å²) in [6, 6.07) is 37.0. The van der Waals surface area contributed by atoms with E-state index in [-0.39, 0.29) is 0 Å². The summed E-state index contributed by atoms with van der Waals surface area (Å²) in [6.07, 6.45) is 0.945. The van der Waals surface area contributed by atoms with Gasteiger partial charge in [-0.25, -0.2) is 0 Å². The third kappa shape index (κ3) is 4.41. The lowest BCUT2D eigenvalue weighted by atomic mass is 9.78. The SMILES string of the molecule is Cc1ccccc1C(N)C(O)(Cc1ccc2ccccc2c1)Cc1ccc2ccccc2c1. The zero-order valence-corrected chi connectivity index (χ0v) is 18.9. The van der Waals surface area contributed by atoms with Crippen LogP contribution in [0.4, 0.5) is 0 Å². The third-order valence-corrected chi connectivity index (χ3v) is 6.75. The largest absolute Gasteiger partial charge is 0.387 e. The molecule has 0 aliphatic rings. The molecule has 5 aromatic rings. The highest BCUT2D eigenvalue weighted by Crippen LogP contribution is 2.34. The fourth-order valence-electron chi connectivity index (χ4n) is 4.91. The Morgan fingerprint density at radius 1 is 0.636 bits per heavy atom. The van der Waals surface area contributed by atoms with Gasteiger partial charge in [0.1, 0.15) is 0 Å². The molecule has 0 heterocycles. The predicted octanol–water partition coefficient (Wildman–Crippen LogP) is 6.52. The zero-order valence-electron chi connectivity index (χ0n) is 18.9. The lowest BCUT2D eigenvalue weighted by Crippen LogP contribution is -2.45. The van der Waals surface area contributed by atoms with Crippen molar-refractivity contribution in [2.45, 2.75) is 31.4 Å². The molecule has 3 N–H and O–H groups in total. The number of aliphatic hydroxyl groups is 1. The van der Waals surface area contributed by atoms with E-state index in [1.54, 1.807) is 0 Å². The van der Waals surface area contributed by atoms with Gasteiger partial charge in [0, 0.05) is 12.8 Å². The van der Waals surface area contributed by atoms with Gasteiger partial charge in [-0.3, -0.25) is 0 Å². The van der Waals surface area contributed by atoms with Crippen LogP contribution in [0.15, 0.2) is 109 Å². The Balaban J connectivity index is 1.55. The average molecular weight is 432 g/mol. The monoisotopic (exact) mass is 431 g/mol. The molecule has 1 atom stereocenters. The van der Waals surface area contributed by atoms with Gasteiger partial charge >= 0.3 is 0 Å². The third-order valence-electron chi connectivity index (χ3n) is 6.75. The topological polar surface area (TPSA) is 46.2 Å². The van der Waals surface area contributed by atoms with Crippen molar-refractivity contribution < 1.29 is 5.11 Å². The van der Waals surface area contributed by atoms with Crippen molar-refractivity contribution in [1.29, 1.82) is 0 Å². The number of hydrogen-bond donors (Lipinski definition) is 2. The Kier molecular flexibility index (Phi) is 5.72. The minimum absolute atomic E-state index is 0.472. The molecule has 0 bridgehead atoms. The number of hydrogen-bond acceptors (Lipinski definition) is 2. The summed E-state index contributed by atoms with van der Waals surface area (Å²) < 4.78 is 0. The highest BCUT2D eigenvalue weighted by Gasteiger charge is 2.36. The maximum Gasteiger partial charge on any atom is 0.0919 e. The maximum absolute atomic E-state index is 12.2. The Hall–Kier alpha value is -3.46. The van der Waals surface area contributed by atoms with Gasteiger partial charge in [0.2, 0.25) is 0 Å². The lowest BCUT2D eigenvalue weighted by molar-refractivity contribution is 0.0135. The van der Waals surface area contributed by atoms with Crippen molar-refractivity contribution in [3.63, 3.8) is 0 Å². The van der Waals surface area contributed by atoms with E-state index < -0.39 is 11.6 Å². The van der Waals surface area contributed by atoms with Crippen molar-refractivity contribution in [1.82, 2.24) is 0 Å². The first-order valence-corrected chi connectivity index (χ1v) is 11.5. The minimum Gasteiger partial charge on any atom is -0.387 e. The fraction of sp³-hybridized carbons (Fsp3) is 0.161. The second-order valence-corrected chi connectivity index (χ2v) is 9.15. The first-order valence-electron chi connectivity index (χ1n) is 11.5. The summed E-state index contributed by atoms with van der Waals surface area (Å²) in [5, 5.41) is 16.9. The smallest absolute Gasteiger partial charge is 0.0919 e. The van der Waals surface area contributed by atoms with E-state index in [9.17, 15) is 5.11 Å². The van der Waals surface area contributed by atoms with E-state index in [1.165, 1.54) is 21.5 Å². The molecule has 0 spiro atoms. The van der Waals surface area contributed by atoms with E-state index in [2.05, 4.69) is 73.7 Å². The van der Waals surface area contributed by atoms with Crippen molar-refractivity contribution in [2.24, 2.45) is 5.73 Å². The van der Waals surface area contributed by atoms with Crippen LogP contribution in [0.5, 0.6) is 0 Å². The second-order valence-electron chi connectivity index (χ2n) is 9.15. The normalized spacial score (nSPS) is 12.8. The van der Waals surface area contributed by atoms with Gasteiger partial charge in [0.05, 0.1) is 11.6 Å². The zero-order chi connectivity index (χ0) is 22.8. The molecule has 5 aromatic carbocycles. The standard InChI is InChI=1S/C31H29NO/c1-22-8-2-7-13-29(22)30(32)31(33,20-23-14-16-25-9-3-5-11-27(25)18-23)21-24-15-17-26-10-4-6-12-28(26)19-24/h2-19,30,33H,20-21,32H2,1H3. The number of nitrogens with two attached hydrogens (primary N) is 1. The van der Waals surface area contributed by atoms with Crippen molar-refractivity contribution in [2.75, 3.05) is 0 Å². The lowest BCUT2D eigenvalue weighted by Gasteiger charge is -2.36. The summed E-state index contributed by atoms with van der Waals surface area (Å²) in [4.78, 5) is 0. The molecule has 0 fully saturated rings. The highest BCUT2D eigenvalue weighted by atomic mass is 16.3. The Bertz CT molecular complexity index is 1340. The molecular formula is C31H29NO. The maximum atomic E-state index is 12.2. The first kappa shape index (κ1) is 21.4. The molecule has 33 heavy (non-hydrogen) atoms. The van der Waals surface area contributed by atoms with Crippen LogP contribution in [0.2, 0.25) is 0 Å². The van der Waals surface area contributed by atoms with Crippen molar-refractivity contribution in [3.05, 3.63) is 131 Å². The molecule has 0 aromatic heterocycles. The van der Waals surface area contributed by atoms with E-state index in [1.807, 2.05) is 42.5 Å². The van der Waals surface area contributed by atoms with Crippen LogP contribution < -0.4 is 5.73 Å². The first-order chi connectivity index (χ1) is 16.0. The van der Waals surface area contributed by atoms with Crippen LogP contribution in [0, 0.1) is 6.92 Å². The Labute approximate surface area is 195 Å². The Morgan fingerprint density at radius 2 is 1.09 bits per heavy atom. The van der Waals surface area contributed by atoms with Gasteiger partial charge in [0.25, 0.3) is 0 Å². The van der Waals surface area contributed by atoms with Crippen LogP contribution in [0.1, 0.15) is 28.3 Å². The highest BCUT2D eigenvalue weighted by molar-refractivity contribution is 5.83. The molecule has 2 nitrogen and oxygen atoms in total. The fourth-order valence-corrected chi connectivity index (χ4v) is 4.91. The van der Waals surface area contributed by atoms with Crippen molar-refractivity contribution >= 4 is 21.5 Å². The minimum atomic E-state index is -1.14. The average Bonchev–Trinajstić information content (AvgIpc) is 2.84. The molecule has 0 saturated carbocycles. The number of fused-ring (bicyclic) bond motifs is 2. The van der Waals surface area contributed by atoms with Gasteiger partial charge < -0.3 is 10.8 Å². The molecule has 0 radical (unpaired) electrons. The number of aryl methyl sites for hydroxylation is 1. The van der Waals surface area contributed by atoms with E-state index >= 15 is 0 Å². The van der Waals surface area contributed by atoms with E-state index in [4.69, 9.17) is 5.73 Å². The number of benzene rings is 5. The molecule has 0 aliphatic carbocycles. The van der Waals surface area contributed by atoms with E-state index in [0.717, 1.165) is 22.3 Å². The van der Waals surface area contributed by atoms with E-state index in [0.29, 0.717) is 12.8 Å². The molecule has 164 valence electrons. The van der Waals surface area contributed by atoms with Crippen molar-refractivity contribution in [3.8, 4) is 0 Å². The predicted molar refractivity (Wildman–Crippen MR) is 138 cm³/mol. The van der Waals surface area contributed by atoms with Gasteiger partial charge in [-0.15, -0.1) is 0 Å². The molecule has 0 amide bonds. The summed E-state index contributed by atoms with van der Waals surface area (Å²) in [5.74, 6) is 0. The van der Waals surface area contributed by atoms with Gasteiger partial charge in [0.15, 0.2) is 0 Å². The molecule has 5 rings (SSSR count). The Morgan fingerprint density at radius 3 is 1.61 bits per heavy atom. The van der Waals surface area contributed by atoms with Crippen LogP contribution in [-0.4, -0.2) is 10.7 Å². The van der Waals surface area contributed by atoms with Crippen LogP contribution >= 0.6 is 0 Å². The molecular weight excluding hydrogens is 402 g/mol. The summed E-state index contributed by atoms with van der Waals surface area (Å²) in [5.41, 5.74) is 9.96. The summed E-state index contributed by atoms with van der Waals surface area (Å²) >= 11 is 0.